The Morgan fingerprint density at radius 3 is 2.31 bits per heavy atom. The number of nitriles is 1. The fourth-order valence-electron chi connectivity index (χ4n) is 4.24. The number of hydrogen-bond acceptors (Lipinski definition) is 4. The van der Waals surface area contributed by atoms with E-state index in [0.29, 0.717) is 10.7 Å². The predicted octanol–water partition coefficient (Wildman–Crippen LogP) is 3.99. The minimum Gasteiger partial charge on any atom is -0.305 e. The quantitative estimate of drug-likeness (QED) is 0.721. The molecule has 1 aliphatic heterocycles. The number of nitrogens with zero attached hydrogens (tertiary/aromatic N) is 4. The lowest BCUT2D eigenvalue weighted by Crippen LogP contribution is -2.55. The molecule has 1 aliphatic carbocycles. The second kappa shape index (κ2) is 7.25. The first kappa shape index (κ1) is 19.6. The van der Waals surface area contributed by atoms with Gasteiger partial charge >= 0.3 is 0 Å². The highest BCUT2D eigenvalue weighted by molar-refractivity contribution is 7.81. The smallest absolute Gasteiger partial charge is 0.259 e. The van der Waals surface area contributed by atoms with Crippen LogP contribution in [0.25, 0.3) is 0 Å². The summed E-state index contributed by atoms with van der Waals surface area (Å²) in [4.78, 5) is 19.3. The largest absolute Gasteiger partial charge is 0.305 e. The molecule has 0 bridgehead atoms. The van der Waals surface area contributed by atoms with Gasteiger partial charge in [-0.25, -0.2) is 0 Å². The molecule has 1 saturated heterocycles. The van der Waals surface area contributed by atoms with E-state index in [9.17, 15) is 10.1 Å². The van der Waals surface area contributed by atoms with Gasteiger partial charge in [0.15, 0.2) is 5.11 Å². The minimum atomic E-state index is -0.581. The summed E-state index contributed by atoms with van der Waals surface area (Å²) in [5.74, 6) is 0.0372. The first-order chi connectivity index (χ1) is 13.9. The van der Waals surface area contributed by atoms with E-state index in [2.05, 4.69) is 35.2 Å². The summed E-state index contributed by atoms with van der Waals surface area (Å²) in [6.45, 7) is 2.75. The molecule has 0 N–H and O–H groups in total. The van der Waals surface area contributed by atoms with Crippen LogP contribution in [0.5, 0.6) is 0 Å². The summed E-state index contributed by atoms with van der Waals surface area (Å²) in [7, 11) is 4.09. The van der Waals surface area contributed by atoms with E-state index in [1.54, 1.807) is 11.0 Å². The highest BCUT2D eigenvalue weighted by Crippen LogP contribution is 2.47. The molecule has 6 heteroatoms. The van der Waals surface area contributed by atoms with E-state index in [4.69, 9.17) is 12.2 Å². The summed E-state index contributed by atoms with van der Waals surface area (Å²) < 4.78 is 0. The van der Waals surface area contributed by atoms with Gasteiger partial charge in [-0.3, -0.25) is 9.69 Å². The fraction of sp³-hybridized carbons (Fsp3) is 0.348. The molecule has 1 amide bonds. The Morgan fingerprint density at radius 2 is 1.79 bits per heavy atom. The number of amides is 1. The Morgan fingerprint density at radius 1 is 1.14 bits per heavy atom. The normalized spacial score (nSPS) is 17.8. The van der Waals surface area contributed by atoms with Crippen LogP contribution >= 0.6 is 12.2 Å². The van der Waals surface area contributed by atoms with Crippen molar-refractivity contribution in [3.63, 3.8) is 0 Å². The topological polar surface area (TPSA) is 50.6 Å². The Bertz CT molecular complexity index is 1020. The Balaban J connectivity index is 1.72. The molecule has 1 spiro atoms. The van der Waals surface area contributed by atoms with Crippen molar-refractivity contribution < 1.29 is 4.79 Å². The van der Waals surface area contributed by atoms with Crippen LogP contribution in [0.3, 0.4) is 0 Å². The zero-order valence-electron chi connectivity index (χ0n) is 17.0. The molecular formula is C23H24N4OS. The molecule has 1 heterocycles. The van der Waals surface area contributed by atoms with E-state index in [1.807, 2.05) is 38.1 Å². The maximum atomic E-state index is 13.5. The van der Waals surface area contributed by atoms with Crippen LogP contribution in [0.1, 0.15) is 36.0 Å². The predicted molar refractivity (Wildman–Crippen MR) is 119 cm³/mol. The molecule has 4 rings (SSSR count). The van der Waals surface area contributed by atoms with Gasteiger partial charge in [0.2, 0.25) is 0 Å². The van der Waals surface area contributed by atoms with Crippen molar-refractivity contribution in [2.24, 2.45) is 0 Å². The van der Waals surface area contributed by atoms with Gasteiger partial charge in [0.25, 0.3) is 5.91 Å². The molecule has 148 valence electrons. The van der Waals surface area contributed by atoms with E-state index < -0.39 is 5.54 Å². The van der Waals surface area contributed by atoms with Crippen molar-refractivity contribution in [2.75, 3.05) is 23.9 Å². The summed E-state index contributed by atoms with van der Waals surface area (Å²) in [5, 5.41) is 9.72. The number of carbonyl (C=O) groups excluding carboxylic acids is 1. The maximum Gasteiger partial charge on any atom is 0.259 e. The summed E-state index contributed by atoms with van der Waals surface area (Å²) in [6, 6.07) is 15.9. The zero-order chi connectivity index (χ0) is 20.8. The summed E-state index contributed by atoms with van der Waals surface area (Å²) >= 11 is 5.82. The number of aryl methyl sites for hydroxylation is 1. The van der Waals surface area contributed by atoms with Crippen LogP contribution in [0.15, 0.2) is 42.5 Å². The van der Waals surface area contributed by atoms with Crippen LogP contribution < -0.4 is 9.80 Å². The van der Waals surface area contributed by atoms with E-state index >= 15 is 0 Å². The van der Waals surface area contributed by atoms with Crippen molar-refractivity contribution in [1.82, 2.24) is 4.90 Å². The lowest BCUT2D eigenvalue weighted by Gasteiger charge is -2.43. The van der Waals surface area contributed by atoms with Crippen molar-refractivity contribution in [2.45, 2.75) is 38.3 Å². The third-order valence-electron chi connectivity index (χ3n) is 5.87. The van der Waals surface area contributed by atoms with Crippen LogP contribution in [-0.2, 0) is 11.3 Å². The van der Waals surface area contributed by atoms with E-state index in [1.165, 1.54) is 5.56 Å². The highest BCUT2D eigenvalue weighted by Gasteiger charge is 2.59. The standard InChI is InChI=1S/C23H24N4OS/c1-16-13-20(10-7-18(16)14-24)26-21(28)23(11-4-12-23)27(22(26)29)19-8-5-17(6-9-19)15-25(2)3/h5-10,13H,4,11-12,15H2,1-3H3. The van der Waals surface area contributed by atoms with Gasteiger partial charge in [0.05, 0.1) is 17.3 Å². The number of rotatable bonds is 4. The molecule has 2 aliphatic rings. The van der Waals surface area contributed by atoms with Crippen LogP contribution in [0.2, 0.25) is 0 Å². The lowest BCUT2D eigenvalue weighted by atomic mass is 9.75. The Labute approximate surface area is 177 Å². The van der Waals surface area contributed by atoms with Crippen molar-refractivity contribution in [3.8, 4) is 6.07 Å². The van der Waals surface area contributed by atoms with E-state index in [-0.39, 0.29) is 5.91 Å². The first-order valence-electron chi connectivity index (χ1n) is 9.80. The SMILES string of the molecule is Cc1cc(N2C(=O)C3(CCC3)N(c3ccc(CN(C)C)cc3)C2=S)ccc1C#N. The molecule has 0 aromatic heterocycles. The molecule has 2 aromatic rings. The third-order valence-corrected chi connectivity index (χ3v) is 6.24. The highest BCUT2D eigenvalue weighted by atomic mass is 32.1. The van der Waals surface area contributed by atoms with Crippen molar-refractivity contribution in [1.29, 1.82) is 5.26 Å². The van der Waals surface area contributed by atoms with Gasteiger partial charge in [-0.1, -0.05) is 12.1 Å². The third kappa shape index (κ3) is 3.11. The summed E-state index contributed by atoms with van der Waals surface area (Å²) in [6.07, 6.45) is 2.62. The van der Waals surface area contributed by atoms with Gasteiger partial charge in [-0.2, -0.15) is 5.26 Å². The lowest BCUT2D eigenvalue weighted by molar-refractivity contribution is -0.123. The molecule has 0 atom stereocenters. The first-order valence-corrected chi connectivity index (χ1v) is 10.2. The van der Waals surface area contributed by atoms with Crippen LogP contribution in [0, 0.1) is 18.3 Å². The molecule has 0 radical (unpaired) electrons. The molecule has 2 aromatic carbocycles. The molecule has 29 heavy (non-hydrogen) atoms. The van der Waals surface area contributed by atoms with E-state index in [0.717, 1.165) is 42.7 Å². The monoisotopic (exact) mass is 404 g/mol. The number of carbonyl (C=O) groups is 1. The fourth-order valence-corrected chi connectivity index (χ4v) is 4.70. The Hall–Kier alpha value is -2.75. The van der Waals surface area contributed by atoms with Gasteiger partial charge in [-0.05, 0) is 94.0 Å². The summed E-state index contributed by atoms with van der Waals surface area (Å²) in [5.41, 5.74) is 3.78. The second-order valence-electron chi connectivity index (χ2n) is 8.16. The Kier molecular flexibility index (Phi) is 4.89. The van der Waals surface area contributed by atoms with Gasteiger partial charge in [0, 0.05) is 12.2 Å². The maximum absolute atomic E-state index is 13.5. The molecule has 2 fully saturated rings. The van der Waals surface area contributed by atoms with Gasteiger partial charge in [0.1, 0.15) is 5.54 Å². The number of anilines is 2. The van der Waals surface area contributed by atoms with Gasteiger partial charge < -0.3 is 9.80 Å². The number of hydrogen-bond donors (Lipinski definition) is 0. The molecular weight excluding hydrogens is 380 g/mol. The minimum absolute atomic E-state index is 0.0372. The zero-order valence-corrected chi connectivity index (χ0v) is 17.8. The second-order valence-corrected chi connectivity index (χ2v) is 8.52. The number of benzene rings is 2. The molecule has 0 unspecified atom stereocenters. The average Bonchev–Trinajstić information content (AvgIpc) is 2.89. The average molecular weight is 405 g/mol. The molecule has 1 saturated carbocycles. The molecule has 5 nitrogen and oxygen atoms in total. The van der Waals surface area contributed by atoms with Crippen LogP contribution in [0.4, 0.5) is 11.4 Å². The van der Waals surface area contributed by atoms with Crippen molar-refractivity contribution in [3.05, 3.63) is 59.2 Å². The number of thiocarbonyl (C=S) groups is 1. The van der Waals surface area contributed by atoms with Crippen LogP contribution in [-0.4, -0.2) is 35.6 Å². The van der Waals surface area contributed by atoms with Crippen molar-refractivity contribution >= 4 is 34.6 Å². The van der Waals surface area contributed by atoms with Gasteiger partial charge in [-0.15, -0.1) is 0 Å².